The lowest BCUT2D eigenvalue weighted by Gasteiger charge is -2.14. The van der Waals surface area contributed by atoms with E-state index in [0.717, 1.165) is 15.6 Å². The molecule has 0 aliphatic rings. The maximum absolute atomic E-state index is 6.52. The SMILES string of the molecule is COc1ccc(CC(Cl)c2ccc(Cl)cc2Br)cc1OC. The Morgan fingerprint density at radius 2 is 1.76 bits per heavy atom. The van der Waals surface area contributed by atoms with Crippen molar-refractivity contribution in [1.29, 1.82) is 0 Å². The van der Waals surface area contributed by atoms with Crippen LogP contribution in [-0.2, 0) is 6.42 Å². The summed E-state index contributed by atoms with van der Waals surface area (Å²) in [6.07, 6.45) is 0.683. The van der Waals surface area contributed by atoms with E-state index in [1.54, 1.807) is 14.2 Å². The third-order valence-electron chi connectivity index (χ3n) is 3.16. The first-order valence-corrected chi connectivity index (χ1v) is 7.95. The Bertz CT molecular complexity index is 632. The number of methoxy groups -OCH3 is 2. The third kappa shape index (κ3) is 4.06. The Morgan fingerprint density at radius 1 is 1.05 bits per heavy atom. The second-order valence-electron chi connectivity index (χ2n) is 4.53. The number of rotatable bonds is 5. The zero-order valence-corrected chi connectivity index (χ0v) is 14.8. The van der Waals surface area contributed by atoms with E-state index >= 15 is 0 Å². The summed E-state index contributed by atoms with van der Waals surface area (Å²) in [6, 6.07) is 11.4. The molecular weight excluding hydrogens is 375 g/mol. The maximum atomic E-state index is 6.52. The third-order valence-corrected chi connectivity index (χ3v) is 4.47. The van der Waals surface area contributed by atoms with Gasteiger partial charge >= 0.3 is 0 Å². The van der Waals surface area contributed by atoms with Crippen molar-refractivity contribution in [1.82, 2.24) is 0 Å². The van der Waals surface area contributed by atoms with Crippen molar-refractivity contribution in [3.63, 3.8) is 0 Å². The highest BCUT2D eigenvalue weighted by atomic mass is 79.9. The van der Waals surface area contributed by atoms with Crippen LogP contribution in [0.1, 0.15) is 16.5 Å². The van der Waals surface area contributed by atoms with E-state index in [2.05, 4.69) is 15.9 Å². The Hall–Kier alpha value is -0.900. The van der Waals surface area contributed by atoms with Crippen LogP contribution in [-0.4, -0.2) is 14.2 Å². The van der Waals surface area contributed by atoms with Crippen LogP contribution in [0.15, 0.2) is 40.9 Å². The molecule has 0 aromatic heterocycles. The molecule has 0 saturated carbocycles. The van der Waals surface area contributed by atoms with Crippen LogP contribution in [0.3, 0.4) is 0 Å². The molecule has 0 aliphatic carbocycles. The molecule has 5 heteroatoms. The summed E-state index contributed by atoms with van der Waals surface area (Å²) in [4.78, 5) is 0. The summed E-state index contributed by atoms with van der Waals surface area (Å²) >= 11 is 16.0. The van der Waals surface area contributed by atoms with Crippen molar-refractivity contribution in [2.24, 2.45) is 0 Å². The number of benzene rings is 2. The number of ether oxygens (including phenoxy) is 2. The molecule has 112 valence electrons. The second kappa shape index (κ2) is 7.39. The molecule has 0 N–H and O–H groups in total. The van der Waals surface area contributed by atoms with Gasteiger partial charge in [0, 0.05) is 9.50 Å². The molecule has 0 saturated heterocycles. The minimum Gasteiger partial charge on any atom is -0.493 e. The predicted octanol–water partition coefficient (Wildman–Crippen LogP) is 5.64. The first-order chi connectivity index (χ1) is 10.0. The lowest BCUT2D eigenvalue weighted by molar-refractivity contribution is 0.354. The molecule has 0 fully saturated rings. The van der Waals surface area contributed by atoms with Gasteiger partial charge in [0.05, 0.1) is 19.6 Å². The van der Waals surface area contributed by atoms with Gasteiger partial charge in [-0.05, 0) is 41.8 Å². The van der Waals surface area contributed by atoms with Gasteiger partial charge in [-0.15, -0.1) is 11.6 Å². The van der Waals surface area contributed by atoms with Crippen LogP contribution in [0.2, 0.25) is 5.02 Å². The second-order valence-corrected chi connectivity index (χ2v) is 6.34. The standard InChI is InChI=1S/C16H15BrCl2O2/c1-20-15-6-3-10(8-16(15)21-2)7-14(19)12-5-4-11(18)9-13(12)17/h3-6,8-9,14H,7H2,1-2H3. The molecule has 0 bridgehead atoms. The number of hydrogen-bond acceptors (Lipinski definition) is 2. The average molecular weight is 390 g/mol. The van der Waals surface area contributed by atoms with Gasteiger partial charge in [0.1, 0.15) is 0 Å². The van der Waals surface area contributed by atoms with E-state index in [1.807, 2.05) is 36.4 Å². The lowest BCUT2D eigenvalue weighted by atomic mass is 10.0. The molecule has 0 amide bonds. The summed E-state index contributed by atoms with van der Waals surface area (Å²) in [7, 11) is 3.24. The number of alkyl halides is 1. The first-order valence-electron chi connectivity index (χ1n) is 6.35. The minimum absolute atomic E-state index is 0.158. The zero-order valence-electron chi connectivity index (χ0n) is 11.7. The van der Waals surface area contributed by atoms with Crippen molar-refractivity contribution in [2.45, 2.75) is 11.8 Å². The summed E-state index contributed by atoms with van der Waals surface area (Å²) in [5, 5.41) is 0.523. The molecule has 21 heavy (non-hydrogen) atoms. The van der Waals surface area contributed by atoms with Crippen LogP contribution >= 0.6 is 39.1 Å². The van der Waals surface area contributed by atoms with Gasteiger partial charge in [-0.25, -0.2) is 0 Å². The smallest absolute Gasteiger partial charge is 0.160 e. The topological polar surface area (TPSA) is 18.5 Å². The molecule has 1 atom stereocenters. The fourth-order valence-electron chi connectivity index (χ4n) is 2.08. The van der Waals surface area contributed by atoms with Crippen molar-refractivity contribution >= 4 is 39.1 Å². The van der Waals surface area contributed by atoms with Crippen molar-refractivity contribution in [3.05, 3.63) is 57.0 Å². The summed E-state index contributed by atoms with van der Waals surface area (Å²) in [5.41, 5.74) is 2.09. The Kier molecular flexibility index (Phi) is 5.80. The highest BCUT2D eigenvalue weighted by Crippen LogP contribution is 2.35. The molecule has 2 nitrogen and oxygen atoms in total. The van der Waals surface area contributed by atoms with Gasteiger partial charge in [-0.3, -0.25) is 0 Å². The van der Waals surface area contributed by atoms with Crippen molar-refractivity contribution < 1.29 is 9.47 Å². The quantitative estimate of drug-likeness (QED) is 0.615. The largest absolute Gasteiger partial charge is 0.493 e. The fraction of sp³-hybridized carbons (Fsp3) is 0.250. The molecule has 0 spiro atoms. The summed E-state index contributed by atoms with van der Waals surface area (Å²) < 4.78 is 11.5. The van der Waals surface area contributed by atoms with Crippen LogP contribution in [0.5, 0.6) is 11.5 Å². The van der Waals surface area contributed by atoms with Gasteiger partial charge < -0.3 is 9.47 Å². The van der Waals surface area contributed by atoms with Crippen LogP contribution in [0.4, 0.5) is 0 Å². The first kappa shape index (κ1) is 16.5. The molecule has 0 aliphatic heterocycles. The van der Waals surface area contributed by atoms with Crippen LogP contribution < -0.4 is 9.47 Å². The summed E-state index contributed by atoms with van der Waals surface area (Å²) in [6.45, 7) is 0. The maximum Gasteiger partial charge on any atom is 0.160 e. The van der Waals surface area contributed by atoms with E-state index in [4.69, 9.17) is 32.7 Å². The van der Waals surface area contributed by atoms with E-state index in [0.29, 0.717) is 22.9 Å². The minimum atomic E-state index is -0.158. The zero-order chi connectivity index (χ0) is 15.4. The molecule has 0 heterocycles. The van der Waals surface area contributed by atoms with Gasteiger partial charge in [0.2, 0.25) is 0 Å². The lowest BCUT2D eigenvalue weighted by Crippen LogP contribution is -1.98. The number of hydrogen-bond donors (Lipinski definition) is 0. The molecular formula is C16H15BrCl2O2. The fourth-order valence-corrected chi connectivity index (χ4v) is 3.54. The molecule has 2 aromatic carbocycles. The highest BCUT2D eigenvalue weighted by molar-refractivity contribution is 9.10. The monoisotopic (exact) mass is 388 g/mol. The van der Waals surface area contributed by atoms with E-state index in [-0.39, 0.29) is 5.38 Å². The predicted molar refractivity (Wildman–Crippen MR) is 91.0 cm³/mol. The molecule has 0 radical (unpaired) electrons. The molecule has 2 aromatic rings. The number of halogens is 3. The van der Waals surface area contributed by atoms with Gasteiger partial charge in [-0.1, -0.05) is 39.7 Å². The molecule has 1 unspecified atom stereocenters. The molecule has 2 rings (SSSR count). The average Bonchev–Trinajstić information content (AvgIpc) is 2.46. The Labute approximate surface area is 143 Å². The summed E-state index contributed by atoms with van der Waals surface area (Å²) in [5.74, 6) is 1.41. The normalized spacial score (nSPS) is 12.0. The van der Waals surface area contributed by atoms with Crippen molar-refractivity contribution in [2.75, 3.05) is 14.2 Å². The van der Waals surface area contributed by atoms with Crippen LogP contribution in [0, 0.1) is 0 Å². The van der Waals surface area contributed by atoms with E-state index in [1.165, 1.54) is 0 Å². The van der Waals surface area contributed by atoms with Gasteiger partial charge in [0.25, 0.3) is 0 Å². The van der Waals surface area contributed by atoms with E-state index < -0.39 is 0 Å². The highest BCUT2D eigenvalue weighted by Gasteiger charge is 2.14. The Morgan fingerprint density at radius 3 is 2.38 bits per heavy atom. The van der Waals surface area contributed by atoms with Gasteiger partial charge in [-0.2, -0.15) is 0 Å². The van der Waals surface area contributed by atoms with Gasteiger partial charge in [0.15, 0.2) is 11.5 Å². The van der Waals surface area contributed by atoms with Crippen molar-refractivity contribution in [3.8, 4) is 11.5 Å². The van der Waals surface area contributed by atoms with E-state index in [9.17, 15) is 0 Å². The van der Waals surface area contributed by atoms with Crippen LogP contribution in [0.25, 0.3) is 0 Å². The Balaban J connectivity index is 2.21.